The van der Waals surface area contributed by atoms with Crippen LogP contribution in [-0.4, -0.2) is 38.0 Å². The van der Waals surface area contributed by atoms with Crippen LogP contribution in [0.4, 0.5) is 4.79 Å². The summed E-state index contributed by atoms with van der Waals surface area (Å²) >= 11 is 0. The monoisotopic (exact) mass is 374 g/mol. The van der Waals surface area contributed by atoms with Gasteiger partial charge in [-0.1, -0.05) is 11.6 Å². The fourth-order valence-electron chi connectivity index (χ4n) is 2.80. The van der Waals surface area contributed by atoms with Crippen molar-refractivity contribution in [1.82, 2.24) is 10.6 Å². The fourth-order valence-corrected chi connectivity index (χ4v) is 2.80. The van der Waals surface area contributed by atoms with Crippen molar-refractivity contribution in [1.29, 1.82) is 0 Å². The third-order valence-electron chi connectivity index (χ3n) is 4.13. The Balaban J connectivity index is 1.74. The summed E-state index contributed by atoms with van der Waals surface area (Å²) in [5.74, 6) is 0.147. The molecule has 1 aliphatic carbocycles. The van der Waals surface area contributed by atoms with Crippen molar-refractivity contribution in [2.24, 2.45) is 0 Å². The van der Waals surface area contributed by atoms with Crippen LogP contribution in [0, 0.1) is 0 Å². The minimum atomic E-state index is -0.564. The van der Waals surface area contributed by atoms with E-state index in [1.807, 2.05) is 0 Å². The van der Waals surface area contributed by atoms with E-state index >= 15 is 0 Å². The Morgan fingerprint density at radius 1 is 1.19 bits per heavy atom. The summed E-state index contributed by atoms with van der Waals surface area (Å²) in [6.07, 6.45) is 8.36. The highest BCUT2D eigenvalue weighted by atomic mass is 16.5. The fraction of sp³-hybridized carbons (Fsp3) is 0.450. The van der Waals surface area contributed by atoms with E-state index in [0.29, 0.717) is 36.5 Å². The summed E-state index contributed by atoms with van der Waals surface area (Å²) in [6, 6.07) is 4.12. The number of benzene rings is 1. The molecule has 7 nitrogen and oxygen atoms in total. The van der Waals surface area contributed by atoms with Crippen LogP contribution in [0.2, 0.25) is 0 Å². The Labute approximate surface area is 159 Å². The van der Waals surface area contributed by atoms with Crippen LogP contribution in [0.25, 0.3) is 0 Å². The maximum absolute atomic E-state index is 11.9. The maximum atomic E-state index is 11.9. The zero-order valence-electron chi connectivity index (χ0n) is 15.6. The smallest absolute Gasteiger partial charge is 0.321 e. The topological polar surface area (TPSA) is 93.7 Å². The van der Waals surface area contributed by atoms with E-state index in [1.165, 1.54) is 24.5 Å². The first-order valence-corrected chi connectivity index (χ1v) is 9.22. The lowest BCUT2D eigenvalue weighted by atomic mass is 9.97. The van der Waals surface area contributed by atoms with Crippen molar-refractivity contribution in [3.8, 4) is 11.5 Å². The Morgan fingerprint density at radius 2 is 2.04 bits per heavy atom. The first-order chi connectivity index (χ1) is 13.1. The number of nitrogens with one attached hydrogen (secondary N) is 2. The number of carbonyl (C=O) groups excluding carboxylic acids is 3. The quantitative estimate of drug-likeness (QED) is 0.512. The maximum Gasteiger partial charge on any atom is 0.321 e. The number of ether oxygens (including phenoxy) is 2. The van der Waals surface area contributed by atoms with Crippen molar-refractivity contribution < 1.29 is 23.9 Å². The standard InChI is InChI=1S/C20H26N2O5/c1-2-26-18-12-16(13-23)8-9-17(18)27-14-19(24)22-20(25)21-11-10-15-6-4-3-5-7-15/h6,8-9,12-13H,2-5,7,10-11,14H2,1H3,(H2,21,22,24,25). The average Bonchev–Trinajstić information content (AvgIpc) is 2.68. The number of hydrogen-bond acceptors (Lipinski definition) is 5. The van der Waals surface area contributed by atoms with E-state index in [0.717, 1.165) is 19.3 Å². The summed E-state index contributed by atoms with van der Waals surface area (Å²) in [7, 11) is 0. The van der Waals surface area contributed by atoms with Gasteiger partial charge in [0, 0.05) is 12.1 Å². The molecule has 0 unspecified atom stereocenters. The second-order valence-electron chi connectivity index (χ2n) is 6.21. The molecule has 0 saturated carbocycles. The molecule has 0 aliphatic heterocycles. The molecule has 2 rings (SSSR count). The van der Waals surface area contributed by atoms with Crippen molar-refractivity contribution in [3.05, 3.63) is 35.4 Å². The van der Waals surface area contributed by atoms with Crippen molar-refractivity contribution in [3.63, 3.8) is 0 Å². The molecular formula is C20H26N2O5. The molecule has 0 saturated heterocycles. The van der Waals surface area contributed by atoms with Crippen LogP contribution in [0.5, 0.6) is 11.5 Å². The predicted octanol–water partition coefficient (Wildman–Crippen LogP) is 2.99. The van der Waals surface area contributed by atoms with Gasteiger partial charge in [-0.25, -0.2) is 4.79 Å². The van der Waals surface area contributed by atoms with Crippen molar-refractivity contribution >= 4 is 18.2 Å². The van der Waals surface area contributed by atoms with Crippen LogP contribution in [0.15, 0.2) is 29.8 Å². The van der Waals surface area contributed by atoms with Gasteiger partial charge in [0.2, 0.25) is 0 Å². The lowest BCUT2D eigenvalue weighted by molar-refractivity contribution is -0.122. The number of allylic oxidation sites excluding steroid dienone is 1. The summed E-state index contributed by atoms with van der Waals surface area (Å²) in [4.78, 5) is 34.5. The molecule has 0 fully saturated rings. The van der Waals surface area contributed by atoms with Crippen LogP contribution >= 0.6 is 0 Å². The Bertz CT molecular complexity index is 700. The molecule has 0 bridgehead atoms. The second-order valence-corrected chi connectivity index (χ2v) is 6.21. The zero-order valence-corrected chi connectivity index (χ0v) is 15.6. The van der Waals surface area contributed by atoms with Crippen LogP contribution < -0.4 is 20.1 Å². The highest BCUT2D eigenvalue weighted by Gasteiger charge is 2.12. The molecule has 1 aromatic rings. The number of hydrogen-bond donors (Lipinski definition) is 2. The van der Waals surface area contributed by atoms with Gasteiger partial charge in [-0.15, -0.1) is 0 Å². The molecule has 0 radical (unpaired) electrons. The predicted molar refractivity (Wildman–Crippen MR) is 101 cm³/mol. The van der Waals surface area contributed by atoms with E-state index in [4.69, 9.17) is 9.47 Å². The van der Waals surface area contributed by atoms with Crippen LogP contribution in [-0.2, 0) is 4.79 Å². The van der Waals surface area contributed by atoms with Crippen LogP contribution in [0.1, 0.15) is 49.4 Å². The van der Waals surface area contributed by atoms with E-state index < -0.39 is 11.9 Å². The lowest BCUT2D eigenvalue weighted by Crippen LogP contribution is -2.42. The van der Waals surface area contributed by atoms with Gasteiger partial charge in [-0.2, -0.15) is 0 Å². The van der Waals surface area contributed by atoms with E-state index in [9.17, 15) is 14.4 Å². The summed E-state index contributed by atoms with van der Waals surface area (Å²) in [5, 5.41) is 4.91. The van der Waals surface area contributed by atoms with Gasteiger partial charge >= 0.3 is 6.03 Å². The third kappa shape index (κ3) is 7.13. The largest absolute Gasteiger partial charge is 0.490 e. The van der Waals surface area contributed by atoms with Gasteiger partial charge in [0.05, 0.1) is 6.61 Å². The number of carbonyl (C=O) groups is 3. The summed E-state index contributed by atoms with van der Waals surface area (Å²) in [5.41, 5.74) is 1.81. The Hall–Kier alpha value is -2.83. The SMILES string of the molecule is CCOc1cc(C=O)ccc1OCC(=O)NC(=O)NCCC1=CCCCC1. The van der Waals surface area contributed by atoms with Crippen molar-refractivity contribution in [2.45, 2.75) is 39.0 Å². The Morgan fingerprint density at radius 3 is 2.74 bits per heavy atom. The molecule has 2 N–H and O–H groups in total. The van der Waals surface area contributed by atoms with Gasteiger partial charge in [-0.3, -0.25) is 14.9 Å². The normalized spacial score (nSPS) is 13.3. The van der Waals surface area contributed by atoms with E-state index in [-0.39, 0.29) is 6.61 Å². The molecule has 0 atom stereocenters. The summed E-state index contributed by atoms with van der Waals surface area (Å²) < 4.78 is 10.8. The van der Waals surface area contributed by atoms with Gasteiger partial charge in [0.1, 0.15) is 6.29 Å². The zero-order chi connectivity index (χ0) is 19.5. The molecule has 1 aliphatic rings. The highest BCUT2D eigenvalue weighted by Crippen LogP contribution is 2.28. The molecule has 7 heteroatoms. The number of aldehydes is 1. The number of amides is 3. The Kier molecular flexibility index (Phi) is 8.35. The third-order valence-corrected chi connectivity index (χ3v) is 4.13. The lowest BCUT2D eigenvalue weighted by Gasteiger charge is -2.13. The minimum Gasteiger partial charge on any atom is -0.490 e. The molecule has 0 heterocycles. The highest BCUT2D eigenvalue weighted by molar-refractivity contribution is 5.95. The van der Waals surface area contributed by atoms with E-state index in [1.54, 1.807) is 19.1 Å². The van der Waals surface area contributed by atoms with Gasteiger partial charge in [0.25, 0.3) is 5.91 Å². The second kappa shape index (κ2) is 11.0. The first kappa shape index (κ1) is 20.5. The van der Waals surface area contributed by atoms with Crippen molar-refractivity contribution in [2.75, 3.05) is 19.8 Å². The van der Waals surface area contributed by atoms with Crippen LogP contribution in [0.3, 0.4) is 0 Å². The van der Waals surface area contributed by atoms with E-state index in [2.05, 4.69) is 16.7 Å². The molecular weight excluding hydrogens is 348 g/mol. The molecule has 146 valence electrons. The summed E-state index contributed by atoms with van der Waals surface area (Å²) in [6.45, 7) is 2.36. The van der Waals surface area contributed by atoms with Gasteiger partial charge in [-0.05, 0) is 57.2 Å². The molecule has 0 spiro atoms. The molecule has 27 heavy (non-hydrogen) atoms. The first-order valence-electron chi connectivity index (χ1n) is 9.22. The molecule has 0 aromatic heterocycles. The number of imide groups is 1. The average molecular weight is 374 g/mol. The number of rotatable bonds is 9. The van der Waals surface area contributed by atoms with Gasteiger partial charge < -0.3 is 14.8 Å². The van der Waals surface area contributed by atoms with Gasteiger partial charge in [0.15, 0.2) is 18.1 Å². The molecule has 3 amide bonds. The number of urea groups is 1. The minimum absolute atomic E-state index is 0.334. The molecule has 1 aromatic carbocycles.